The Balaban J connectivity index is 2.06. The highest BCUT2D eigenvalue weighted by Gasteiger charge is 2.50. The molecule has 0 amide bonds. The number of hydrogen-bond donors (Lipinski definition) is 0. The third kappa shape index (κ3) is 2.34. The largest absolute Gasteiger partial charge is 0.294 e. The predicted octanol–water partition coefficient (Wildman–Crippen LogP) is 5.22. The molecule has 130 valence electrons. The van der Waals surface area contributed by atoms with Crippen molar-refractivity contribution in [2.24, 2.45) is 5.41 Å². The zero-order valence-corrected chi connectivity index (χ0v) is 15.7. The molecule has 0 bridgehead atoms. The second-order valence-electron chi connectivity index (χ2n) is 7.96. The predicted molar refractivity (Wildman–Crippen MR) is 98.3 cm³/mol. The van der Waals surface area contributed by atoms with Crippen LogP contribution in [0.1, 0.15) is 56.2 Å². The van der Waals surface area contributed by atoms with E-state index in [1.165, 1.54) is 6.07 Å². The number of nitrogens with zero attached hydrogens (tertiary/aromatic N) is 1. The number of halogens is 1. The summed E-state index contributed by atoms with van der Waals surface area (Å²) < 4.78 is 14.9. The van der Waals surface area contributed by atoms with Crippen LogP contribution in [-0.2, 0) is 16.6 Å². The Hall–Kier alpha value is -1.81. The molecule has 2 aliphatic rings. The molecule has 2 nitrogen and oxygen atoms in total. The number of aromatic nitrogens is 1. The van der Waals surface area contributed by atoms with E-state index < -0.39 is 5.41 Å². The van der Waals surface area contributed by atoms with Gasteiger partial charge in [-0.15, -0.1) is 11.3 Å². The van der Waals surface area contributed by atoms with Gasteiger partial charge < -0.3 is 0 Å². The van der Waals surface area contributed by atoms with Gasteiger partial charge >= 0.3 is 0 Å². The molecule has 0 saturated carbocycles. The SMILES string of the molecule is CCC1(c2ccccc2F)C2=C(Cc3ncsc31)CC(C)(C)CC2=O. The smallest absolute Gasteiger partial charge is 0.160 e. The molecular weight excluding hydrogens is 333 g/mol. The minimum atomic E-state index is -0.691. The lowest BCUT2D eigenvalue weighted by molar-refractivity contribution is -0.118. The van der Waals surface area contributed by atoms with Gasteiger partial charge in [0.05, 0.1) is 16.6 Å². The van der Waals surface area contributed by atoms with Crippen LogP contribution in [0.25, 0.3) is 0 Å². The Morgan fingerprint density at radius 2 is 2.00 bits per heavy atom. The van der Waals surface area contributed by atoms with E-state index in [0.717, 1.165) is 34.6 Å². The lowest BCUT2D eigenvalue weighted by Gasteiger charge is -2.44. The monoisotopic (exact) mass is 355 g/mol. The van der Waals surface area contributed by atoms with Crippen molar-refractivity contribution in [3.05, 3.63) is 62.9 Å². The van der Waals surface area contributed by atoms with E-state index in [1.807, 2.05) is 17.6 Å². The van der Waals surface area contributed by atoms with Crippen molar-refractivity contribution in [2.75, 3.05) is 0 Å². The summed E-state index contributed by atoms with van der Waals surface area (Å²) in [6, 6.07) is 6.91. The second kappa shape index (κ2) is 5.60. The maximum Gasteiger partial charge on any atom is 0.160 e. The summed E-state index contributed by atoms with van der Waals surface area (Å²) in [6.07, 6.45) is 2.78. The number of ketones is 1. The average molecular weight is 355 g/mol. The van der Waals surface area contributed by atoms with Crippen LogP contribution in [-0.4, -0.2) is 10.8 Å². The zero-order valence-electron chi connectivity index (χ0n) is 14.9. The molecule has 1 aromatic carbocycles. The summed E-state index contributed by atoms with van der Waals surface area (Å²) in [4.78, 5) is 18.9. The normalized spacial score (nSPS) is 24.9. The molecule has 1 atom stereocenters. The average Bonchev–Trinajstić information content (AvgIpc) is 3.01. The Bertz CT molecular complexity index is 895. The van der Waals surface area contributed by atoms with Crippen LogP contribution in [0, 0.1) is 11.2 Å². The number of hydrogen-bond acceptors (Lipinski definition) is 3. The summed E-state index contributed by atoms with van der Waals surface area (Å²) in [5.74, 6) is -0.0644. The first-order valence-electron chi connectivity index (χ1n) is 8.82. The molecule has 0 radical (unpaired) electrons. The molecule has 1 heterocycles. The van der Waals surface area contributed by atoms with Crippen LogP contribution in [0.5, 0.6) is 0 Å². The van der Waals surface area contributed by atoms with Gasteiger partial charge in [0, 0.05) is 28.9 Å². The van der Waals surface area contributed by atoms with Gasteiger partial charge in [-0.25, -0.2) is 9.37 Å². The molecule has 4 rings (SSSR count). The van der Waals surface area contributed by atoms with E-state index in [4.69, 9.17) is 0 Å². The third-order valence-electron chi connectivity index (χ3n) is 5.66. The Kier molecular flexibility index (Phi) is 3.73. The molecule has 0 spiro atoms. The van der Waals surface area contributed by atoms with Gasteiger partial charge in [0.15, 0.2) is 5.78 Å². The lowest BCUT2D eigenvalue weighted by atomic mass is 9.59. The van der Waals surface area contributed by atoms with Gasteiger partial charge in [0.2, 0.25) is 0 Å². The summed E-state index contributed by atoms with van der Waals surface area (Å²) in [7, 11) is 0. The van der Waals surface area contributed by atoms with Crippen molar-refractivity contribution >= 4 is 17.1 Å². The van der Waals surface area contributed by atoms with E-state index in [-0.39, 0.29) is 17.0 Å². The van der Waals surface area contributed by atoms with Crippen molar-refractivity contribution in [1.82, 2.24) is 4.98 Å². The molecule has 0 saturated heterocycles. The fraction of sp³-hybridized carbons (Fsp3) is 0.429. The number of benzene rings is 1. The first kappa shape index (κ1) is 16.6. The topological polar surface area (TPSA) is 30.0 Å². The van der Waals surface area contributed by atoms with E-state index in [1.54, 1.807) is 17.4 Å². The third-order valence-corrected chi connectivity index (χ3v) is 6.69. The molecule has 1 aromatic heterocycles. The van der Waals surface area contributed by atoms with Crippen LogP contribution < -0.4 is 0 Å². The maximum absolute atomic E-state index is 14.9. The van der Waals surface area contributed by atoms with Crippen molar-refractivity contribution in [1.29, 1.82) is 0 Å². The van der Waals surface area contributed by atoms with Gasteiger partial charge in [0.1, 0.15) is 5.82 Å². The molecule has 0 aliphatic heterocycles. The highest BCUT2D eigenvalue weighted by molar-refractivity contribution is 7.10. The Morgan fingerprint density at radius 3 is 2.72 bits per heavy atom. The fourth-order valence-electron chi connectivity index (χ4n) is 4.79. The highest BCUT2D eigenvalue weighted by atomic mass is 32.1. The number of carbonyl (C=O) groups excluding carboxylic acids is 1. The van der Waals surface area contributed by atoms with Gasteiger partial charge in [-0.1, -0.05) is 44.5 Å². The molecular formula is C21H22FNOS. The quantitative estimate of drug-likeness (QED) is 0.739. The molecule has 0 fully saturated rings. The highest BCUT2D eigenvalue weighted by Crippen LogP contribution is 2.55. The first-order valence-corrected chi connectivity index (χ1v) is 9.70. The fourth-order valence-corrected chi connectivity index (χ4v) is 5.89. The van der Waals surface area contributed by atoms with Crippen molar-refractivity contribution in [2.45, 2.75) is 51.9 Å². The van der Waals surface area contributed by atoms with Gasteiger partial charge in [-0.05, 0) is 24.3 Å². The molecule has 2 aromatic rings. The van der Waals surface area contributed by atoms with Crippen LogP contribution >= 0.6 is 11.3 Å². The van der Waals surface area contributed by atoms with Crippen molar-refractivity contribution in [3.8, 4) is 0 Å². The maximum atomic E-state index is 14.9. The van der Waals surface area contributed by atoms with Crippen LogP contribution in [0.15, 0.2) is 40.9 Å². The second-order valence-corrected chi connectivity index (χ2v) is 8.82. The van der Waals surface area contributed by atoms with Crippen LogP contribution in [0.2, 0.25) is 0 Å². The van der Waals surface area contributed by atoms with E-state index in [0.29, 0.717) is 18.4 Å². The minimum absolute atomic E-state index is 0.0435. The van der Waals surface area contributed by atoms with Crippen molar-refractivity contribution < 1.29 is 9.18 Å². The lowest BCUT2D eigenvalue weighted by Crippen LogP contribution is -2.42. The number of fused-ring (bicyclic) bond motifs is 1. The van der Waals surface area contributed by atoms with Crippen LogP contribution in [0.3, 0.4) is 0 Å². The number of rotatable bonds is 2. The number of thiazole rings is 1. The molecule has 0 N–H and O–H groups in total. The summed E-state index contributed by atoms with van der Waals surface area (Å²) >= 11 is 1.55. The zero-order chi connectivity index (χ0) is 17.8. The summed E-state index contributed by atoms with van der Waals surface area (Å²) in [6.45, 7) is 6.34. The number of Topliss-reactive ketones (excluding diaryl/α,β-unsaturated/α-hetero) is 1. The van der Waals surface area contributed by atoms with Crippen LogP contribution in [0.4, 0.5) is 4.39 Å². The minimum Gasteiger partial charge on any atom is -0.294 e. The summed E-state index contributed by atoms with van der Waals surface area (Å²) in [5, 5.41) is 0. The molecule has 25 heavy (non-hydrogen) atoms. The van der Waals surface area contributed by atoms with Gasteiger partial charge in [0.25, 0.3) is 0 Å². The summed E-state index contributed by atoms with van der Waals surface area (Å²) in [5.41, 5.74) is 4.73. The molecule has 2 aliphatic carbocycles. The van der Waals surface area contributed by atoms with Gasteiger partial charge in [-0.2, -0.15) is 0 Å². The Labute approximate surface area is 151 Å². The molecule has 4 heteroatoms. The van der Waals surface area contributed by atoms with E-state index >= 15 is 0 Å². The standard InChI is InChI=1S/C21H22FNOS/c1-4-21(14-7-5-6-8-15(14)22)18-13(9-16-19(21)25-12-23-16)10-20(2,3)11-17(18)24/h5-8,12H,4,9-11H2,1-3H3. The van der Waals surface area contributed by atoms with E-state index in [2.05, 4.69) is 25.8 Å². The number of carbonyl (C=O) groups is 1. The first-order chi connectivity index (χ1) is 11.9. The van der Waals surface area contributed by atoms with Gasteiger partial charge in [-0.3, -0.25) is 4.79 Å². The number of allylic oxidation sites excluding steroid dienone is 2. The molecule has 1 unspecified atom stereocenters. The Morgan fingerprint density at radius 1 is 1.24 bits per heavy atom. The van der Waals surface area contributed by atoms with E-state index in [9.17, 15) is 9.18 Å². The van der Waals surface area contributed by atoms with Crippen molar-refractivity contribution in [3.63, 3.8) is 0 Å².